The molecule has 0 aromatic carbocycles. The summed E-state index contributed by atoms with van der Waals surface area (Å²) < 4.78 is 1.19. The van der Waals surface area contributed by atoms with Crippen LogP contribution in [-0.2, 0) is 11.3 Å². The third kappa shape index (κ3) is 2.29. The predicted octanol–water partition coefficient (Wildman–Crippen LogP) is -1.000. The number of nitrogens with one attached hydrogen (secondary N) is 2. The lowest BCUT2D eigenvalue weighted by molar-refractivity contribution is -0.116. The lowest BCUT2D eigenvalue weighted by Gasteiger charge is -2.03. The van der Waals surface area contributed by atoms with Gasteiger partial charge in [-0.3, -0.25) is 14.7 Å². The van der Waals surface area contributed by atoms with E-state index in [-0.39, 0.29) is 18.4 Å². The van der Waals surface area contributed by atoms with Crippen LogP contribution in [0.25, 0.3) is 0 Å². The van der Waals surface area contributed by atoms with Crippen molar-refractivity contribution in [2.24, 2.45) is 0 Å². The SMILES string of the molecule is O=C(Cn1cccnc1=O)Nc1ncn[nH]1. The average Bonchev–Trinajstić information content (AvgIpc) is 2.74. The molecule has 0 saturated heterocycles. The maximum Gasteiger partial charge on any atom is 0.347 e. The lowest BCUT2D eigenvalue weighted by Crippen LogP contribution is -2.28. The van der Waals surface area contributed by atoms with Crippen molar-refractivity contribution in [2.75, 3.05) is 5.32 Å². The fourth-order valence-electron chi connectivity index (χ4n) is 1.10. The van der Waals surface area contributed by atoms with Gasteiger partial charge in [0.2, 0.25) is 11.9 Å². The summed E-state index contributed by atoms with van der Waals surface area (Å²) in [6.45, 7) is -0.118. The first-order chi connectivity index (χ1) is 7.75. The molecule has 0 aliphatic rings. The van der Waals surface area contributed by atoms with Crippen molar-refractivity contribution in [2.45, 2.75) is 6.54 Å². The fraction of sp³-hybridized carbons (Fsp3) is 0.125. The minimum absolute atomic E-state index is 0.118. The van der Waals surface area contributed by atoms with Crippen molar-refractivity contribution < 1.29 is 4.79 Å². The second-order valence-corrected chi connectivity index (χ2v) is 2.91. The summed E-state index contributed by atoms with van der Waals surface area (Å²) in [7, 11) is 0. The highest BCUT2D eigenvalue weighted by molar-refractivity contribution is 5.88. The van der Waals surface area contributed by atoms with E-state index in [0.717, 1.165) is 0 Å². The lowest BCUT2D eigenvalue weighted by atomic mass is 10.5. The molecule has 2 rings (SSSR count). The molecule has 0 aliphatic carbocycles. The van der Waals surface area contributed by atoms with Gasteiger partial charge >= 0.3 is 5.69 Å². The number of amides is 1. The van der Waals surface area contributed by atoms with Crippen molar-refractivity contribution in [1.82, 2.24) is 24.7 Å². The van der Waals surface area contributed by atoms with E-state index >= 15 is 0 Å². The van der Waals surface area contributed by atoms with Crippen LogP contribution in [-0.4, -0.2) is 30.6 Å². The molecule has 2 N–H and O–H groups in total. The fourth-order valence-corrected chi connectivity index (χ4v) is 1.10. The van der Waals surface area contributed by atoms with Gasteiger partial charge in [0.05, 0.1) is 0 Å². The number of rotatable bonds is 3. The van der Waals surface area contributed by atoms with E-state index in [2.05, 4.69) is 25.5 Å². The standard InChI is InChI=1S/C8H8N6O2/c15-6(12-7-10-5-11-13-7)4-14-3-1-2-9-8(14)16/h1-3,5H,4H2,(H2,10,11,12,13,15). The predicted molar refractivity (Wildman–Crippen MR) is 53.5 cm³/mol. The summed E-state index contributed by atoms with van der Waals surface area (Å²) in [4.78, 5) is 29.9. The Hall–Kier alpha value is -2.51. The van der Waals surface area contributed by atoms with E-state index in [9.17, 15) is 9.59 Å². The van der Waals surface area contributed by atoms with Crippen LogP contribution in [0.1, 0.15) is 0 Å². The minimum Gasteiger partial charge on any atom is -0.293 e. The second kappa shape index (κ2) is 4.34. The van der Waals surface area contributed by atoms with Crippen LogP contribution in [0.3, 0.4) is 0 Å². The molecule has 2 aromatic rings. The van der Waals surface area contributed by atoms with E-state index in [1.165, 1.54) is 23.3 Å². The van der Waals surface area contributed by atoms with Gasteiger partial charge < -0.3 is 0 Å². The van der Waals surface area contributed by atoms with Crippen molar-refractivity contribution in [3.8, 4) is 0 Å². The monoisotopic (exact) mass is 220 g/mol. The molecular formula is C8H8N6O2. The summed E-state index contributed by atoms with van der Waals surface area (Å²) >= 11 is 0. The molecule has 1 amide bonds. The number of carbonyl (C=O) groups excluding carboxylic acids is 1. The van der Waals surface area contributed by atoms with Gasteiger partial charge in [-0.2, -0.15) is 10.1 Å². The number of anilines is 1. The van der Waals surface area contributed by atoms with Crippen LogP contribution < -0.4 is 11.0 Å². The Labute approximate surface area is 89.4 Å². The third-order valence-electron chi connectivity index (χ3n) is 1.77. The number of H-pyrrole nitrogens is 1. The van der Waals surface area contributed by atoms with E-state index in [0.29, 0.717) is 0 Å². The summed E-state index contributed by atoms with van der Waals surface area (Å²) in [6.07, 6.45) is 4.12. The molecule has 2 aromatic heterocycles. The zero-order valence-electron chi connectivity index (χ0n) is 8.12. The smallest absolute Gasteiger partial charge is 0.293 e. The average molecular weight is 220 g/mol. The first-order valence-electron chi connectivity index (χ1n) is 4.42. The van der Waals surface area contributed by atoms with Crippen LogP contribution in [0.5, 0.6) is 0 Å². The Kier molecular flexibility index (Phi) is 2.72. The Morgan fingerprint density at radius 1 is 1.50 bits per heavy atom. The van der Waals surface area contributed by atoms with Gasteiger partial charge in [-0.25, -0.2) is 14.9 Å². The van der Waals surface area contributed by atoms with Gasteiger partial charge in [0, 0.05) is 12.4 Å². The van der Waals surface area contributed by atoms with Crippen LogP contribution in [0, 0.1) is 0 Å². The number of aromatic amines is 1. The van der Waals surface area contributed by atoms with E-state index in [1.54, 1.807) is 6.07 Å². The van der Waals surface area contributed by atoms with E-state index in [1.807, 2.05) is 0 Å². The number of hydrogen-bond acceptors (Lipinski definition) is 5. The highest BCUT2D eigenvalue weighted by atomic mass is 16.2. The van der Waals surface area contributed by atoms with Gasteiger partial charge in [-0.1, -0.05) is 0 Å². The Bertz CT molecular complexity index is 531. The zero-order valence-corrected chi connectivity index (χ0v) is 8.12. The minimum atomic E-state index is -0.477. The quantitative estimate of drug-likeness (QED) is 0.690. The van der Waals surface area contributed by atoms with Crippen LogP contribution in [0.4, 0.5) is 5.95 Å². The molecule has 0 radical (unpaired) electrons. The Morgan fingerprint density at radius 3 is 3.06 bits per heavy atom. The topological polar surface area (TPSA) is 106 Å². The first-order valence-corrected chi connectivity index (χ1v) is 4.42. The Morgan fingerprint density at radius 2 is 2.38 bits per heavy atom. The van der Waals surface area contributed by atoms with E-state index < -0.39 is 5.69 Å². The highest BCUT2D eigenvalue weighted by Gasteiger charge is 2.05. The molecular weight excluding hydrogens is 212 g/mol. The molecule has 8 nitrogen and oxygen atoms in total. The Balaban J connectivity index is 2.03. The molecule has 0 saturated carbocycles. The van der Waals surface area contributed by atoms with Gasteiger partial charge in [0.25, 0.3) is 0 Å². The van der Waals surface area contributed by atoms with Crippen LogP contribution in [0.15, 0.2) is 29.6 Å². The van der Waals surface area contributed by atoms with E-state index in [4.69, 9.17) is 0 Å². The number of nitrogens with zero attached hydrogens (tertiary/aromatic N) is 4. The van der Waals surface area contributed by atoms with Crippen molar-refractivity contribution in [1.29, 1.82) is 0 Å². The molecule has 0 bridgehead atoms. The summed E-state index contributed by atoms with van der Waals surface area (Å²) in [5, 5.41) is 8.48. The normalized spacial score (nSPS) is 10.0. The summed E-state index contributed by atoms with van der Waals surface area (Å²) in [5.41, 5.74) is -0.477. The summed E-state index contributed by atoms with van der Waals surface area (Å²) in [6, 6.07) is 1.57. The second-order valence-electron chi connectivity index (χ2n) is 2.91. The number of carbonyl (C=O) groups is 1. The number of hydrogen-bond donors (Lipinski definition) is 2. The first kappa shape index (κ1) is 10.0. The van der Waals surface area contributed by atoms with Crippen molar-refractivity contribution in [3.63, 3.8) is 0 Å². The van der Waals surface area contributed by atoms with Crippen LogP contribution >= 0.6 is 0 Å². The highest BCUT2D eigenvalue weighted by Crippen LogP contribution is 1.92. The molecule has 0 aliphatic heterocycles. The molecule has 0 atom stereocenters. The van der Waals surface area contributed by atoms with Gasteiger partial charge in [-0.15, -0.1) is 0 Å². The zero-order chi connectivity index (χ0) is 11.4. The molecule has 8 heteroatoms. The summed E-state index contributed by atoms with van der Waals surface area (Å²) in [5.74, 6) is -0.145. The maximum atomic E-state index is 11.4. The molecule has 16 heavy (non-hydrogen) atoms. The van der Waals surface area contributed by atoms with Gasteiger partial charge in [0.1, 0.15) is 12.9 Å². The molecule has 0 fully saturated rings. The maximum absolute atomic E-state index is 11.4. The van der Waals surface area contributed by atoms with Crippen molar-refractivity contribution in [3.05, 3.63) is 35.3 Å². The molecule has 2 heterocycles. The molecule has 0 spiro atoms. The third-order valence-corrected chi connectivity index (χ3v) is 1.77. The van der Waals surface area contributed by atoms with Gasteiger partial charge in [0.15, 0.2) is 0 Å². The molecule has 82 valence electrons. The number of aromatic nitrogens is 5. The largest absolute Gasteiger partial charge is 0.347 e. The molecule has 0 unspecified atom stereocenters. The van der Waals surface area contributed by atoms with Crippen molar-refractivity contribution >= 4 is 11.9 Å². The van der Waals surface area contributed by atoms with Crippen LogP contribution in [0.2, 0.25) is 0 Å². The van der Waals surface area contributed by atoms with Gasteiger partial charge in [-0.05, 0) is 6.07 Å².